The van der Waals surface area contributed by atoms with Crippen LogP contribution in [0.4, 0.5) is 0 Å². The van der Waals surface area contributed by atoms with Gasteiger partial charge >= 0.3 is 0 Å². The molecule has 6 heteroatoms. The molecule has 0 radical (unpaired) electrons. The highest BCUT2D eigenvalue weighted by Crippen LogP contribution is 2.19. The zero-order valence-corrected chi connectivity index (χ0v) is 10.5. The smallest absolute Gasteiger partial charge is 0.244 e. The van der Waals surface area contributed by atoms with Gasteiger partial charge in [-0.2, -0.15) is 4.31 Å². The average Bonchev–Trinajstić information content (AvgIpc) is 2.30. The predicted octanol–water partition coefficient (Wildman–Crippen LogP) is 0.301. The molecule has 0 aliphatic carbocycles. The lowest BCUT2D eigenvalue weighted by Crippen LogP contribution is -2.53. The standard InChI is InChI=1S/C11H16N2O3S/c1-9-2-4-10(5-3-9)17(14,15)13-6-7-16-8-11(13)12/h2-5,11H,6-8,12H2,1H3. The van der Waals surface area contributed by atoms with Crippen molar-refractivity contribution in [1.29, 1.82) is 0 Å². The normalized spacial score (nSPS) is 22.6. The second-order valence-electron chi connectivity index (χ2n) is 4.07. The van der Waals surface area contributed by atoms with E-state index in [0.29, 0.717) is 13.2 Å². The molecule has 2 rings (SSSR count). The van der Waals surface area contributed by atoms with Crippen molar-refractivity contribution in [3.63, 3.8) is 0 Å². The molecule has 1 atom stereocenters. The molecule has 1 aliphatic rings. The first-order valence-corrected chi connectivity index (χ1v) is 6.87. The zero-order chi connectivity index (χ0) is 12.5. The van der Waals surface area contributed by atoms with Crippen LogP contribution in [0.3, 0.4) is 0 Å². The molecule has 5 nitrogen and oxygen atoms in total. The third kappa shape index (κ3) is 2.50. The van der Waals surface area contributed by atoms with Crippen molar-refractivity contribution < 1.29 is 13.2 Å². The van der Waals surface area contributed by atoms with Crippen molar-refractivity contribution in [2.24, 2.45) is 5.73 Å². The van der Waals surface area contributed by atoms with Gasteiger partial charge in [0.15, 0.2) is 0 Å². The number of aryl methyl sites for hydroxylation is 1. The van der Waals surface area contributed by atoms with Gasteiger partial charge in [0, 0.05) is 6.54 Å². The van der Waals surface area contributed by atoms with Crippen molar-refractivity contribution in [3.8, 4) is 0 Å². The van der Waals surface area contributed by atoms with Crippen LogP contribution >= 0.6 is 0 Å². The summed E-state index contributed by atoms with van der Waals surface area (Å²) in [6, 6.07) is 6.76. The summed E-state index contributed by atoms with van der Waals surface area (Å²) in [5, 5.41) is 0. The number of ether oxygens (including phenoxy) is 1. The van der Waals surface area contributed by atoms with Crippen LogP contribution in [-0.4, -0.2) is 38.6 Å². The van der Waals surface area contributed by atoms with E-state index in [2.05, 4.69) is 0 Å². The summed E-state index contributed by atoms with van der Waals surface area (Å²) >= 11 is 0. The minimum atomic E-state index is -3.50. The summed E-state index contributed by atoms with van der Waals surface area (Å²) in [6.07, 6.45) is -0.602. The van der Waals surface area contributed by atoms with Crippen molar-refractivity contribution in [2.75, 3.05) is 19.8 Å². The predicted molar refractivity (Wildman–Crippen MR) is 63.9 cm³/mol. The SMILES string of the molecule is Cc1ccc(S(=O)(=O)N2CCOCC2N)cc1. The molecule has 0 spiro atoms. The molecule has 2 N–H and O–H groups in total. The van der Waals surface area contributed by atoms with Gasteiger partial charge < -0.3 is 10.5 Å². The first-order chi connectivity index (χ1) is 8.01. The molecule has 1 unspecified atom stereocenters. The van der Waals surface area contributed by atoms with E-state index in [0.717, 1.165) is 5.56 Å². The first-order valence-electron chi connectivity index (χ1n) is 5.43. The van der Waals surface area contributed by atoms with Gasteiger partial charge in [-0.15, -0.1) is 0 Å². The van der Waals surface area contributed by atoms with Crippen LogP contribution in [0.1, 0.15) is 5.56 Å². The molecule has 1 aromatic carbocycles. The Morgan fingerprint density at radius 2 is 2.00 bits per heavy atom. The highest BCUT2D eigenvalue weighted by Gasteiger charge is 2.31. The van der Waals surface area contributed by atoms with Gasteiger partial charge in [-0.05, 0) is 19.1 Å². The van der Waals surface area contributed by atoms with E-state index in [1.54, 1.807) is 24.3 Å². The summed E-state index contributed by atoms with van der Waals surface area (Å²) < 4.78 is 31.0. The van der Waals surface area contributed by atoms with Crippen LogP contribution in [0.25, 0.3) is 0 Å². The highest BCUT2D eigenvalue weighted by molar-refractivity contribution is 7.89. The number of rotatable bonds is 2. The molecule has 0 aromatic heterocycles. The van der Waals surface area contributed by atoms with Gasteiger partial charge in [0.2, 0.25) is 10.0 Å². The summed E-state index contributed by atoms with van der Waals surface area (Å²) in [5.41, 5.74) is 6.78. The van der Waals surface area contributed by atoms with Crippen molar-refractivity contribution in [1.82, 2.24) is 4.31 Å². The Hall–Kier alpha value is -0.950. The molecule has 0 bridgehead atoms. The number of nitrogens with zero attached hydrogens (tertiary/aromatic N) is 1. The summed E-state index contributed by atoms with van der Waals surface area (Å²) in [4.78, 5) is 0.278. The highest BCUT2D eigenvalue weighted by atomic mass is 32.2. The van der Waals surface area contributed by atoms with Crippen LogP contribution in [0.5, 0.6) is 0 Å². The maximum absolute atomic E-state index is 12.3. The van der Waals surface area contributed by atoms with E-state index >= 15 is 0 Å². The van der Waals surface area contributed by atoms with Crippen molar-refractivity contribution in [3.05, 3.63) is 29.8 Å². The van der Waals surface area contributed by atoms with Gasteiger partial charge in [-0.25, -0.2) is 8.42 Å². The lowest BCUT2D eigenvalue weighted by Gasteiger charge is -2.31. The Morgan fingerprint density at radius 3 is 2.59 bits per heavy atom. The van der Waals surface area contributed by atoms with E-state index in [1.165, 1.54) is 4.31 Å². The topological polar surface area (TPSA) is 72.6 Å². The Bertz CT molecular complexity index is 484. The van der Waals surface area contributed by atoms with E-state index in [4.69, 9.17) is 10.5 Å². The third-order valence-electron chi connectivity index (χ3n) is 2.74. The van der Waals surface area contributed by atoms with E-state index in [1.807, 2.05) is 6.92 Å². The Labute approximate surface area is 101 Å². The maximum Gasteiger partial charge on any atom is 0.244 e. The molecular weight excluding hydrogens is 240 g/mol. The number of nitrogens with two attached hydrogens (primary N) is 1. The Balaban J connectivity index is 2.32. The fourth-order valence-electron chi connectivity index (χ4n) is 1.75. The van der Waals surface area contributed by atoms with E-state index in [-0.39, 0.29) is 11.5 Å². The van der Waals surface area contributed by atoms with Gasteiger partial charge in [-0.3, -0.25) is 0 Å². The fraction of sp³-hybridized carbons (Fsp3) is 0.455. The molecule has 1 aromatic rings. The first kappa shape index (κ1) is 12.5. The lowest BCUT2D eigenvalue weighted by molar-refractivity contribution is 0.0350. The van der Waals surface area contributed by atoms with Crippen LogP contribution in [0.15, 0.2) is 29.2 Å². The molecular formula is C11H16N2O3S. The molecule has 0 amide bonds. The summed E-state index contributed by atoms with van der Waals surface area (Å²) in [6.45, 7) is 2.85. The molecule has 17 heavy (non-hydrogen) atoms. The molecule has 1 saturated heterocycles. The number of sulfonamides is 1. The van der Waals surface area contributed by atoms with Gasteiger partial charge in [0.05, 0.1) is 24.3 Å². The largest absolute Gasteiger partial charge is 0.377 e. The summed E-state index contributed by atoms with van der Waals surface area (Å²) in [7, 11) is -3.50. The zero-order valence-electron chi connectivity index (χ0n) is 9.67. The molecule has 1 aliphatic heterocycles. The summed E-state index contributed by atoms with van der Waals surface area (Å²) in [5.74, 6) is 0. The Morgan fingerprint density at radius 1 is 1.35 bits per heavy atom. The number of benzene rings is 1. The van der Waals surface area contributed by atoms with Crippen LogP contribution in [-0.2, 0) is 14.8 Å². The van der Waals surface area contributed by atoms with Crippen LogP contribution in [0.2, 0.25) is 0 Å². The van der Waals surface area contributed by atoms with E-state index in [9.17, 15) is 8.42 Å². The minimum absolute atomic E-state index is 0.241. The van der Waals surface area contributed by atoms with Gasteiger partial charge in [0.1, 0.15) is 0 Å². The second kappa shape index (κ2) is 4.73. The van der Waals surface area contributed by atoms with Crippen molar-refractivity contribution >= 4 is 10.0 Å². The third-order valence-corrected chi connectivity index (χ3v) is 4.68. The monoisotopic (exact) mass is 256 g/mol. The number of hydrogen-bond acceptors (Lipinski definition) is 4. The number of morpholine rings is 1. The minimum Gasteiger partial charge on any atom is -0.377 e. The van der Waals surface area contributed by atoms with E-state index < -0.39 is 16.2 Å². The lowest BCUT2D eigenvalue weighted by atomic mass is 10.2. The van der Waals surface area contributed by atoms with Gasteiger partial charge in [-0.1, -0.05) is 17.7 Å². The Kier molecular flexibility index (Phi) is 3.48. The second-order valence-corrected chi connectivity index (χ2v) is 5.96. The molecule has 1 heterocycles. The average molecular weight is 256 g/mol. The maximum atomic E-state index is 12.3. The van der Waals surface area contributed by atoms with Gasteiger partial charge in [0.25, 0.3) is 0 Å². The fourth-order valence-corrected chi connectivity index (χ4v) is 3.23. The quantitative estimate of drug-likeness (QED) is 0.826. The molecule has 94 valence electrons. The molecule has 0 saturated carbocycles. The van der Waals surface area contributed by atoms with Crippen LogP contribution in [0, 0.1) is 6.92 Å². The molecule has 1 fully saturated rings. The van der Waals surface area contributed by atoms with Crippen molar-refractivity contribution in [2.45, 2.75) is 18.0 Å². The van der Waals surface area contributed by atoms with Crippen LogP contribution < -0.4 is 5.73 Å². The number of hydrogen-bond donors (Lipinski definition) is 1.